The molecule has 0 radical (unpaired) electrons. The van der Waals surface area contributed by atoms with E-state index in [0.29, 0.717) is 12.5 Å². The Morgan fingerprint density at radius 2 is 2.12 bits per heavy atom. The summed E-state index contributed by atoms with van der Waals surface area (Å²) in [6.07, 6.45) is 4.54. The lowest BCUT2D eigenvalue weighted by atomic mass is 10.1. The average molecular weight is 339 g/mol. The summed E-state index contributed by atoms with van der Waals surface area (Å²) in [6, 6.07) is 6.00. The van der Waals surface area contributed by atoms with Crippen molar-refractivity contribution >= 4 is 16.7 Å². The number of morpholine rings is 1. The van der Waals surface area contributed by atoms with Crippen LogP contribution >= 0.6 is 0 Å². The molecule has 0 aliphatic carbocycles. The van der Waals surface area contributed by atoms with Crippen LogP contribution in [0.3, 0.4) is 0 Å². The zero-order chi connectivity index (χ0) is 17.1. The molecule has 1 saturated heterocycles. The smallest absolute Gasteiger partial charge is 0.213 e. The molecule has 0 saturated carbocycles. The molecule has 7 nitrogen and oxygen atoms in total. The molecule has 0 spiro atoms. The van der Waals surface area contributed by atoms with Crippen molar-refractivity contribution in [3.8, 4) is 17.1 Å². The second-order valence-corrected chi connectivity index (χ2v) is 5.99. The summed E-state index contributed by atoms with van der Waals surface area (Å²) in [5.41, 5.74) is 2.80. The Bertz CT molecular complexity index is 858. The maximum Gasteiger partial charge on any atom is 0.213 e. The third-order valence-electron chi connectivity index (χ3n) is 4.23. The van der Waals surface area contributed by atoms with Crippen LogP contribution < -0.4 is 9.64 Å². The standard InChI is InChI=1S/C18H21N5O2/c1-2-7-25-17-11-14-15(12-20-17)21-22-18(14)13-3-4-19-16(10-13)23-5-8-24-9-6-23/h3-4,10-12H,2,5-9H2,1H3,(H,21,22). The van der Waals surface area contributed by atoms with Gasteiger partial charge in [0.15, 0.2) is 0 Å². The van der Waals surface area contributed by atoms with E-state index in [0.717, 1.165) is 60.7 Å². The van der Waals surface area contributed by atoms with E-state index < -0.39 is 0 Å². The fraction of sp³-hybridized carbons (Fsp3) is 0.389. The molecule has 1 aliphatic rings. The Morgan fingerprint density at radius 3 is 2.96 bits per heavy atom. The highest BCUT2D eigenvalue weighted by Crippen LogP contribution is 2.29. The van der Waals surface area contributed by atoms with E-state index in [1.54, 1.807) is 6.20 Å². The lowest BCUT2D eigenvalue weighted by Crippen LogP contribution is -2.36. The van der Waals surface area contributed by atoms with E-state index in [2.05, 4.69) is 38.1 Å². The summed E-state index contributed by atoms with van der Waals surface area (Å²) >= 11 is 0. The van der Waals surface area contributed by atoms with Crippen molar-refractivity contribution in [2.75, 3.05) is 37.8 Å². The maximum atomic E-state index is 5.66. The lowest BCUT2D eigenvalue weighted by molar-refractivity contribution is 0.122. The normalized spacial score (nSPS) is 14.8. The van der Waals surface area contributed by atoms with Crippen LogP contribution in [0.25, 0.3) is 22.2 Å². The third-order valence-corrected chi connectivity index (χ3v) is 4.23. The summed E-state index contributed by atoms with van der Waals surface area (Å²) in [5.74, 6) is 1.58. The highest BCUT2D eigenvalue weighted by atomic mass is 16.5. The molecule has 1 N–H and O–H groups in total. The Kier molecular flexibility index (Phi) is 4.47. The van der Waals surface area contributed by atoms with Crippen molar-refractivity contribution in [1.29, 1.82) is 0 Å². The molecule has 130 valence electrons. The number of aromatic amines is 1. The van der Waals surface area contributed by atoms with E-state index in [4.69, 9.17) is 9.47 Å². The van der Waals surface area contributed by atoms with E-state index >= 15 is 0 Å². The van der Waals surface area contributed by atoms with Gasteiger partial charge in [0.05, 0.1) is 31.5 Å². The van der Waals surface area contributed by atoms with Crippen molar-refractivity contribution < 1.29 is 9.47 Å². The van der Waals surface area contributed by atoms with Gasteiger partial charge in [-0.25, -0.2) is 9.97 Å². The minimum atomic E-state index is 0.624. The molecule has 0 amide bonds. The molecular formula is C18H21N5O2. The number of nitrogens with one attached hydrogen (secondary N) is 1. The van der Waals surface area contributed by atoms with Crippen molar-refractivity contribution in [2.24, 2.45) is 0 Å². The first kappa shape index (κ1) is 15.8. The van der Waals surface area contributed by atoms with Gasteiger partial charge < -0.3 is 14.4 Å². The van der Waals surface area contributed by atoms with Gasteiger partial charge in [-0.1, -0.05) is 6.92 Å². The van der Waals surface area contributed by atoms with E-state index in [1.165, 1.54) is 0 Å². The van der Waals surface area contributed by atoms with Crippen LogP contribution in [0.1, 0.15) is 13.3 Å². The Hall–Kier alpha value is -2.67. The van der Waals surface area contributed by atoms with Crippen LogP contribution in [-0.4, -0.2) is 53.1 Å². The number of hydrogen-bond donors (Lipinski definition) is 1. The first-order valence-electron chi connectivity index (χ1n) is 8.61. The fourth-order valence-corrected chi connectivity index (χ4v) is 2.93. The zero-order valence-corrected chi connectivity index (χ0v) is 14.2. The van der Waals surface area contributed by atoms with Crippen molar-refractivity contribution in [3.05, 3.63) is 30.6 Å². The first-order chi connectivity index (χ1) is 12.3. The number of anilines is 1. The highest BCUT2D eigenvalue weighted by molar-refractivity contribution is 5.93. The molecule has 0 unspecified atom stereocenters. The monoisotopic (exact) mass is 339 g/mol. The summed E-state index contributed by atoms with van der Waals surface area (Å²) in [6.45, 7) is 5.92. The average Bonchev–Trinajstić information content (AvgIpc) is 3.10. The largest absolute Gasteiger partial charge is 0.478 e. The Balaban J connectivity index is 1.68. The Morgan fingerprint density at radius 1 is 1.24 bits per heavy atom. The number of nitrogens with zero attached hydrogens (tertiary/aromatic N) is 4. The second-order valence-electron chi connectivity index (χ2n) is 5.99. The van der Waals surface area contributed by atoms with Gasteiger partial charge in [-0.3, -0.25) is 5.10 Å². The number of fused-ring (bicyclic) bond motifs is 1. The number of aromatic nitrogens is 4. The molecule has 1 aliphatic heterocycles. The summed E-state index contributed by atoms with van der Waals surface area (Å²) in [5, 5.41) is 8.53. The topological polar surface area (TPSA) is 76.2 Å². The minimum absolute atomic E-state index is 0.624. The number of hydrogen-bond acceptors (Lipinski definition) is 6. The molecule has 7 heteroatoms. The van der Waals surface area contributed by atoms with Gasteiger partial charge in [0.1, 0.15) is 11.5 Å². The quantitative estimate of drug-likeness (QED) is 0.770. The van der Waals surface area contributed by atoms with Gasteiger partial charge in [-0.2, -0.15) is 5.10 Å². The summed E-state index contributed by atoms with van der Waals surface area (Å²) in [7, 11) is 0. The summed E-state index contributed by atoms with van der Waals surface area (Å²) in [4.78, 5) is 11.1. The van der Waals surface area contributed by atoms with Gasteiger partial charge in [-0.05, 0) is 18.6 Å². The van der Waals surface area contributed by atoms with Crippen LogP contribution in [-0.2, 0) is 4.74 Å². The van der Waals surface area contributed by atoms with E-state index in [9.17, 15) is 0 Å². The van der Waals surface area contributed by atoms with Crippen molar-refractivity contribution in [2.45, 2.75) is 13.3 Å². The van der Waals surface area contributed by atoms with Gasteiger partial charge in [0.2, 0.25) is 5.88 Å². The van der Waals surface area contributed by atoms with E-state index in [-0.39, 0.29) is 0 Å². The molecule has 0 aromatic carbocycles. The molecule has 0 bridgehead atoms. The van der Waals surface area contributed by atoms with Crippen LogP contribution in [0.4, 0.5) is 5.82 Å². The molecule has 1 fully saturated rings. The number of H-pyrrole nitrogens is 1. The minimum Gasteiger partial charge on any atom is -0.478 e. The molecular weight excluding hydrogens is 318 g/mol. The first-order valence-corrected chi connectivity index (χ1v) is 8.61. The van der Waals surface area contributed by atoms with Gasteiger partial charge >= 0.3 is 0 Å². The molecule has 4 heterocycles. The zero-order valence-electron chi connectivity index (χ0n) is 14.2. The van der Waals surface area contributed by atoms with Crippen LogP contribution in [0.5, 0.6) is 5.88 Å². The predicted molar refractivity (Wildman–Crippen MR) is 95.9 cm³/mol. The fourth-order valence-electron chi connectivity index (χ4n) is 2.93. The Labute approximate surface area is 146 Å². The number of ether oxygens (including phenoxy) is 2. The van der Waals surface area contributed by atoms with Crippen molar-refractivity contribution in [1.82, 2.24) is 20.2 Å². The van der Waals surface area contributed by atoms with Crippen molar-refractivity contribution in [3.63, 3.8) is 0 Å². The van der Waals surface area contributed by atoms with Gasteiger partial charge in [0.25, 0.3) is 0 Å². The lowest BCUT2D eigenvalue weighted by Gasteiger charge is -2.27. The molecule has 3 aromatic heterocycles. The molecule has 3 aromatic rings. The SMILES string of the molecule is CCCOc1cc2c(-c3ccnc(N4CCOCC4)c3)n[nH]c2cn1. The predicted octanol–water partition coefficient (Wildman–Crippen LogP) is 2.65. The molecule has 25 heavy (non-hydrogen) atoms. The van der Waals surface area contributed by atoms with Crippen LogP contribution in [0.2, 0.25) is 0 Å². The molecule has 0 atom stereocenters. The summed E-state index contributed by atoms with van der Waals surface area (Å²) < 4.78 is 11.1. The molecule has 4 rings (SSSR count). The highest BCUT2D eigenvalue weighted by Gasteiger charge is 2.15. The number of pyridine rings is 2. The van der Waals surface area contributed by atoms with Crippen LogP contribution in [0, 0.1) is 0 Å². The van der Waals surface area contributed by atoms with Gasteiger partial charge in [-0.15, -0.1) is 0 Å². The maximum absolute atomic E-state index is 5.66. The second kappa shape index (κ2) is 7.06. The van der Waals surface area contributed by atoms with E-state index in [1.807, 2.05) is 18.3 Å². The number of rotatable bonds is 5. The third kappa shape index (κ3) is 3.28. The van der Waals surface area contributed by atoms with Gasteiger partial charge in [0, 0.05) is 36.3 Å². The van der Waals surface area contributed by atoms with Crippen LogP contribution in [0.15, 0.2) is 30.6 Å².